The highest BCUT2D eigenvalue weighted by Crippen LogP contribution is 2.21. The van der Waals surface area contributed by atoms with Crippen LogP contribution in [0, 0.1) is 18.6 Å². The molecule has 0 bridgehead atoms. The van der Waals surface area contributed by atoms with E-state index in [0.29, 0.717) is 16.4 Å². The molecule has 1 aromatic carbocycles. The molecule has 19 heavy (non-hydrogen) atoms. The van der Waals surface area contributed by atoms with Crippen LogP contribution in [0.25, 0.3) is 0 Å². The predicted molar refractivity (Wildman–Crippen MR) is 67.3 cm³/mol. The first kappa shape index (κ1) is 13.7. The summed E-state index contributed by atoms with van der Waals surface area (Å²) in [6, 6.07) is 3.07. The van der Waals surface area contributed by atoms with Crippen molar-refractivity contribution in [2.75, 3.05) is 0 Å². The minimum Gasteiger partial charge on any atom is -0.294 e. The van der Waals surface area contributed by atoms with E-state index in [4.69, 9.17) is 11.6 Å². The van der Waals surface area contributed by atoms with E-state index >= 15 is 0 Å². The van der Waals surface area contributed by atoms with E-state index in [2.05, 4.69) is 5.10 Å². The Balaban J connectivity index is 2.28. The van der Waals surface area contributed by atoms with Crippen molar-refractivity contribution in [3.63, 3.8) is 0 Å². The van der Waals surface area contributed by atoms with Crippen LogP contribution in [0.2, 0.25) is 5.15 Å². The van der Waals surface area contributed by atoms with E-state index in [1.807, 2.05) is 0 Å². The number of benzene rings is 1. The summed E-state index contributed by atoms with van der Waals surface area (Å²) in [6.07, 6.45) is 0.00355. The van der Waals surface area contributed by atoms with Gasteiger partial charge in [-0.1, -0.05) is 11.6 Å². The number of aromatic nitrogens is 2. The number of Topliss-reactive ketones (excluding diaryl/α,β-unsaturated/α-hetero) is 1. The lowest BCUT2D eigenvalue weighted by Gasteiger charge is -2.02. The zero-order valence-electron chi connectivity index (χ0n) is 10.4. The fraction of sp³-hybridized carbons (Fsp3) is 0.231. The van der Waals surface area contributed by atoms with Gasteiger partial charge in [0.15, 0.2) is 17.4 Å². The van der Waals surface area contributed by atoms with Crippen molar-refractivity contribution in [2.45, 2.75) is 13.3 Å². The van der Waals surface area contributed by atoms with Crippen molar-refractivity contribution in [2.24, 2.45) is 7.05 Å². The molecule has 0 aliphatic rings. The lowest BCUT2D eigenvalue weighted by atomic mass is 10.0. The standard InChI is InChI=1S/C13H11ClF2N2O/c1-7-9(13(14)18(2)17-7)6-12(19)8-3-4-10(15)11(16)5-8/h3-5H,6H2,1-2H3. The maximum Gasteiger partial charge on any atom is 0.167 e. The summed E-state index contributed by atoms with van der Waals surface area (Å²) in [5, 5.41) is 4.46. The van der Waals surface area contributed by atoms with Crippen molar-refractivity contribution in [3.8, 4) is 0 Å². The molecule has 2 rings (SSSR count). The maximum atomic E-state index is 13.1. The molecule has 0 saturated heterocycles. The number of rotatable bonds is 3. The second-order valence-corrected chi connectivity index (χ2v) is 4.57. The van der Waals surface area contributed by atoms with Gasteiger partial charge < -0.3 is 0 Å². The first-order valence-electron chi connectivity index (χ1n) is 5.56. The van der Waals surface area contributed by atoms with Gasteiger partial charge in [-0.3, -0.25) is 9.48 Å². The van der Waals surface area contributed by atoms with E-state index in [-0.39, 0.29) is 17.8 Å². The summed E-state index contributed by atoms with van der Waals surface area (Å²) < 4.78 is 27.3. The lowest BCUT2D eigenvalue weighted by Crippen LogP contribution is -2.05. The summed E-state index contributed by atoms with van der Waals surface area (Å²) >= 11 is 6.02. The van der Waals surface area contributed by atoms with Gasteiger partial charge in [-0.2, -0.15) is 5.10 Å². The van der Waals surface area contributed by atoms with Crippen LogP contribution in [0.3, 0.4) is 0 Å². The summed E-state index contributed by atoms with van der Waals surface area (Å²) in [6.45, 7) is 1.74. The first-order chi connectivity index (χ1) is 8.90. The summed E-state index contributed by atoms with van der Waals surface area (Å²) in [5.41, 5.74) is 1.35. The number of carbonyl (C=O) groups excluding carboxylic acids is 1. The SMILES string of the molecule is Cc1nn(C)c(Cl)c1CC(=O)c1ccc(F)c(F)c1. The number of hydrogen-bond acceptors (Lipinski definition) is 2. The summed E-state index contributed by atoms with van der Waals surface area (Å²) in [7, 11) is 1.67. The monoisotopic (exact) mass is 284 g/mol. The van der Waals surface area contributed by atoms with Crippen LogP contribution in [0.1, 0.15) is 21.6 Å². The molecule has 0 spiro atoms. The molecule has 100 valence electrons. The van der Waals surface area contributed by atoms with Gasteiger partial charge in [0.25, 0.3) is 0 Å². The highest BCUT2D eigenvalue weighted by Gasteiger charge is 2.17. The Bertz CT molecular complexity index is 652. The van der Waals surface area contributed by atoms with E-state index in [1.54, 1.807) is 14.0 Å². The number of halogens is 3. The van der Waals surface area contributed by atoms with Gasteiger partial charge in [0, 0.05) is 24.6 Å². The van der Waals surface area contributed by atoms with E-state index in [0.717, 1.165) is 12.1 Å². The molecule has 1 aromatic heterocycles. The molecule has 2 aromatic rings. The molecule has 0 aliphatic heterocycles. The first-order valence-corrected chi connectivity index (χ1v) is 5.94. The third-order valence-corrected chi connectivity index (χ3v) is 3.32. The number of hydrogen-bond donors (Lipinski definition) is 0. The second-order valence-electron chi connectivity index (χ2n) is 4.21. The second kappa shape index (κ2) is 5.09. The Kier molecular flexibility index (Phi) is 3.66. The van der Waals surface area contributed by atoms with Gasteiger partial charge in [-0.15, -0.1) is 0 Å². The van der Waals surface area contributed by atoms with Crippen LogP contribution in [0.4, 0.5) is 8.78 Å². The van der Waals surface area contributed by atoms with Crippen LogP contribution in [-0.2, 0) is 13.5 Å². The summed E-state index contributed by atoms with van der Waals surface area (Å²) in [4.78, 5) is 12.0. The number of nitrogens with zero attached hydrogens (tertiary/aromatic N) is 2. The van der Waals surface area contributed by atoms with E-state index in [9.17, 15) is 13.6 Å². The fourth-order valence-electron chi connectivity index (χ4n) is 1.81. The molecule has 0 N–H and O–H groups in total. The third kappa shape index (κ3) is 2.66. The third-order valence-electron chi connectivity index (χ3n) is 2.85. The molecule has 0 radical (unpaired) electrons. The Hall–Kier alpha value is -1.75. The number of ketones is 1. The van der Waals surface area contributed by atoms with E-state index < -0.39 is 11.6 Å². The highest BCUT2D eigenvalue weighted by molar-refractivity contribution is 6.30. The number of carbonyl (C=O) groups is 1. The average molecular weight is 285 g/mol. The van der Waals surface area contributed by atoms with Crippen LogP contribution >= 0.6 is 11.6 Å². The van der Waals surface area contributed by atoms with Crippen LogP contribution in [-0.4, -0.2) is 15.6 Å². The van der Waals surface area contributed by atoms with Gasteiger partial charge in [0.1, 0.15) is 5.15 Å². The summed E-state index contributed by atoms with van der Waals surface area (Å²) in [5.74, 6) is -2.36. The van der Waals surface area contributed by atoms with Crippen molar-refractivity contribution in [1.82, 2.24) is 9.78 Å². The van der Waals surface area contributed by atoms with Gasteiger partial charge in [-0.05, 0) is 25.1 Å². The quantitative estimate of drug-likeness (QED) is 0.812. The molecule has 1 heterocycles. The topological polar surface area (TPSA) is 34.9 Å². The van der Waals surface area contributed by atoms with Gasteiger partial charge in [0.05, 0.1) is 5.69 Å². The van der Waals surface area contributed by atoms with Crippen LogP contribution in [0.15, 0.2) is 18.2 Å². The minimum absolute atomic E-state index is 0.00355. The average Bonchev–Trinajstić information content (AvgIpc) is 2.59. The van der Waals surface area contributed by atoms with Crippen molar-refractivity contribution >= 4 is 17.4 Å². The molecule has 3 nitrogen and oxygen atoms in total. The highest BCUT2D eigenvalue weighted by atomic mass is 35.5. The molecular weight excluding hydrogens is 274 g/mol. The lowest BCUT2D eigenvalue weighted by molar-refractivity contribution is 0.0992. The molecule has 0 saturated carbocycles. The Labute approximate surface area is 113 Å². The van der Waals surface area contributed by atoms with Gasteiger partial charge in [0.2, 0.25) is 0 Å². The van der Waals surface area contributed by atoms with Crippen molar-refractivity contribution < 1.29 is 13.6 Å². The molecule has 0 unspecified atom stereocenters. The molecule has 0 amide bonds. The Morgan fingerprint density at radius 1 is 1.37 bits per heavy atom. The Morgan fingerprint density at radius 3 is 2.58 bits per heavy atom. The zero-order valence-corrected chi connectivity index (χ0v) is 11.1. The molecular formula is C13H11ClF2N2O. The largest absolute Gasteiger partial charge is 0.294 e. The van der Waals surface area contributed by atoms with Crippen LogP contribution in [0.5, 0.6) is 0 Å². The molecule has 0 atom stereocenters. The van der Waals surface area contributed by atoms with E-state index in [1.165, 1.54) is 10.7 Å². The fourth-order valence-corrected chi connectivity index (χ4v) is 2.05. The number of aryl methyl sites for hydroxylation is 2. The Morgan fingerprint density at radius 2 is 2.05 bits per heavy atom. The normalized spacial score (nSPS) is 10.8. The zero-order chi connectivity index (χ0) is 14.2. The molecule has 6 heteroatoms. The van der Waals surface area contributed by atoms with Crippen molar-refractivity contribution in [1.29, 1.82) is 0 Å². The smallest absolute Gasteiger partial charge is 0.167 e. The van der Waals surface area contributed by atoms with Gasteiger partial charge in [-0.25, -0.2) is 8.78 Å². The van der Waals surface area contributed by atoms with Crippen LogP contribution < -0.4 is 0 Å². The van der Waals surface area contributed by atoms with Crippen molar-refractivity contribution in [3.05, 3.63) is 51.8 Å². The maximum absolute atomic E-state index is 13.1. The molecule has 0 fully saturated rings. The predicted octanol–water partition coefficient (Wildman–Crippen LogP) is 3.09. The minimum atomic E-state index is -1.04. The van der Waals surface area contributed by atoms with Gasteiger partial charge >= 0.3 is 0 Å². The molecule has 0 aliphatic carbocycles.